The zero-order chi connectivity index (χ0) is 28.1. The van der Waals surface area contributed by atoms with Crippen molar-refractivity contribution < 1.29 is 14.6 Å². The highest BCUT2D eigenvalue weighted by atomic mass is 16.5. The number of carbonyl (C=O) groups is 1. The van der Waals surface area contributed by atoms with Gasteiger partial charge in [-0.1, -0.05) is 50.3 Å². The molecule has 6 nitrogen and oxygen atoms in total. The SMILES string of the molecule is C=C(CC)c1ccc(C(=O)NCC(O)CCc2cc(C)ccc2C(C)N)c(OCC)c1.CCC1CCCN1. The minimum absolute atomic E-state index is 0.0591. The second kappa shape index (κ2) is 16.3. The fourth-order valence-corrected chi connectivity index (χ4v) is 4.64. The molecule has 1 aliphatic rings. The fraction of sp³-hybridized carbons (Fsp3) is 0.531. The molecule has 0 aliphatic carbocycles. The smallest absolute Gasteiger partial charge is 0.255 e. The van der Waals surface area contributed by atoms with Crippen molar-refractivity contribution >= 4 is 11.5 Å². The molecule has 0 saturated carbocycles. The van der Waals surface area contributed by atoms with Crippen LogP contribution in [-0.2, 0) is 6.42 Å². The molecule has 1 saturated heterocycles. The first-order valence-electron chi connectivity index (χ1n) is 14.2. The van der Waals surface area contributed by atoms with E-state index in [0.29, 0.717) is 30.8 Å². The second-order valence-electron chi connectivity index (χ2n) is 10.2. The van der Waals surface area contributed by atoms with Gasteiger partial charge in [0.05, 0.1) is 18.3 Å². The highest BCUT2D eigenvalue weighted by molar-refractivity contribution is 5.97. The van der Waals surface area contributed by atoms with E-state index >= 15 is 0 Å². The molecule has 1 aliphatic heterocycles. The van der Waals surface area contributed by atoms with E-state index in [1.54, 1.807) is 6.07 Å². The van der Waals surface area contributed by atoms with Gasteiger partial charge >= 0.3 is 0 Å². The number of benzene rings is 2. The van der Waals surface area contributed by atoms with Gasteiger partial charge in [-0.05, 0) is 100 Å². The Kier molecular flexibility index (Phi) is 13.6. The Balaban J connectivity index is 0.000000624. The average Bonchev–Trinajstić information content (AvgIpc) is 3.44. The lowest BCUT2D eigenvalue weighted by atomic mass is 9.95. The summed E-state index contributed by atoms with van der Waals surface area (Å²) in [4.78, 5) is 12.7. The molecule has 3 rings (SSSR count). The molecule has 0 bridgehead atoms. The van der Waals surface area contributed by atoms with E-state index in [9.17, 15) is 9.90 Å². The maximum Gasteiger partial charge on any atom is 0.255 e. The van der Waals surface area contributed by atoms with Crippen LogP contribution in [0.15, 0.2) is 43.0 Å². The Morgan fingerprint density at radius 1 is 1.24 bits per heavy atom. The summed E-state index contributed by atoms with van der Waals surface area (Å²) in [5.74, 6) is 0.269. The fourth-order valence-electron chi connectivity index (χ4n) is 4.64. The molecular formula is C32H49N3O3. The molecule has 210 valence electrons. The van der Waals surface area contributed by atoms with Crippen molar-refractivity contribution in [3.63, 3.8) is 0 Å². The third kappa shape index (κ3) is 9.90. The van der Waals surface area contributed by atoms with Crippen LogP contribution in [0.25, 0.3) is 5.57 Å². The van der Waals surface area contributed by atoms with Crippen LogP contribution in [0.5, 0.6) is 5.75 Å². The predicted octanol–water partition coefficient (Wildman–Crippen LogP) is 5.71. The first kappa shape index (κ1) is 31.5. The lowest BCUT2D eigenvalue weighted by molar-refractivity contribution is 0.0907. The third-order valence-corrected chi connectivity index (χ3v) is 7.05. The van der Waals surface area contributed by atoms with Crippen LogP contribution < -0.4 is 21.1 Å². The molecule has 0 aromatic heterocycles. The van der Waals surface area contributed by atoms with Crippen LogP contribution >= 0.6 is 0 Å². The van der Waals surface area contributed by atoms with Crippen LogP contribution in [0, 0.1) is 6.92 Å². The number of amides is 1. The molecular weight excluding hydrogens is 474 g/mol. The van der Waals surface area contributed by atoms with Crippen molar-refractivity contribution in [1.29, 1.82) is 0 Å². The number of hydrogen-bond acceptors (Lipinski definition) is 5. The van der Waals surface area contributed by atoms with E-state index < -0.39 is 6.10 Å². The van der Waals surface area contributed by atoms with Gasteiger partial charge in [0.2, 0.25) is 0 Å². The third-order valence-electron chi connectivity index (χ3n) is 7.05. The van der Waals surface area contributed by atoms with E-state index in [0.717, 1.165) is 34.7 Å². The summed E-state index contributed by atoms with van der Waals surface area (Å²) in [6, 6.07) is 12.5. The van der Waals surface area contributed by atoms with E-state index in [4.69, 9.17) is 10.5 Å². The normalized spacial score (nSPS) is 16.2. The van der Waals surface area contributed by atoms with Crippen molar-refractivity contribution in [2.24, 2.45) is 5.73 Å². The molecule has 6 heteroatoms. The summed E-state index contributed by atoms with van der Waals surface area (Å²) >= 11 is 0. The zero-order valence-corrected chi connectivity index (χ0v) is 24.1. The summed E-state index contributed by atoms with van der Waals surface area (Å²) < 4.78 is 5.68. The molecule has 1 amide bonds. The Labute approximate surface area is 230 Å². The lowest BCUT2D eigenvalue weighted by Crippen LogP contribution is -2.32. The van der Waals surface area contributed by atoms with E-state index in [-0.39, 0.29) is 18.5 Å². The van der Waals surface area contributed by atoms with Gasteiger partial charge in [0.15, 0.2) is 0 Å². The number of nitrogens with one attached hydrogen (secondary N) is 2. The minimum atomic E-state index is -0.653. The van der Waals surface area contributed by atoms with Gasteiger partial charge in [-0.2, -0.15) is 0 Å². The first-order valence-corrected chi connectivity index (χ1v) is 14.2. The maximum atomic E-state index is 12.7. The van der Waals surface area contributed by atoms with Crippen LogP contribution in [0.2, 0.25) is 0 Å². The number of aryl methyl sites for hydroxylation is 2. The first-order chi connectivity index (χ1) is 18.2. The Morgan fingerprint density at radius 3 is 2.58 bits per heavy atom. The number of nitrogens with two attached hydrogens (primary N) is 1. The van der Waals surface area contributed by atoms with E-state index in [2.05, 4.69) is 42.3 Å². The number of aliphatic hydroxyl groups excluding tert-OH is 1. The average molecular weight is 524 g/mol. The number of allylic oxidation sites excluding steroid dienone is 1. The molecule has 38 heavy (non-hydrogen) atoms. The highest BCUT2D eigenvalue weighted by Gasteiger charge is 2.16. The highest BCUT2D eigenvalue weighted by Crippen LogP contribution is 2.26. The molecule has 1 fully saturated rings. The molecule has 2 aromatic rings. The van der Waals surface area contributed by atoms with Crippen LogP contribution in [0.1, 0.15) is 98.5 Å². The summed E-state index contributed by atoms with van der Waals surface area (Å²) in [7, 11) is 0. The molecule has 2 aromatic carbocycles. The van der Waals surface area contributed by atoms with Gasteiger partial charge in [0, 0.05) is 18.6 Å². The number of rotatable bonds is 12. The van der Waals surface area contributed by atoms with Gasteiger partial charge in [-0.15, -0.1) is 0 Å². The summed E-state index contributed by atoms with van der Waals surface area (Å²) in [5.41, 5.74) is 11.9. The van der Waals surface area contributed by atoms with Crippen LogP contribution in [0.4, 0.5) is 0 Å². The topological polar surface area (TPSA) is 96.6 Å². The molecule has 3 unspecified atom stereocenters. The number of hydrogen-bond donors (Lipinski definition) is 4. The van der Waals surface area contributed by atoms with E-state index in [1.807, 2.05) is 39.8 Å². The largest absolute Gasteiger partial charge is 0.493 e. The minimum Gasteiger partial charge on any atom is -0.493 e. The molecule has 1 heterocycles. The lowest BCUT2D eigenvalue weighted by Gasteiger charge is -2.17. The predicted molar refractivity (Wildman–Crippen MR) is 159 cm³/mol. The standard InChI is InChI=1S/C26H36N2O3.C6H13N/c1-6-18(4)20-10-13-24(25(15-20)31-7-2)26(30)28-16-22(29)11-9-21-14-17(3)8-12-23(21)19(5)27;1-2-6-4-3-5-7-6/h8,10,12-15,19,22,29H,4,6-7,9,11,16,27H2,1-3,5H3,(H,28,30);6-7H,2-5H2,1H3. The number of aliphatic hydroxyl groups is 1. The van der Waals surface area contributed by atoms with Crippen molar-refractivity contribution in [2.75, 3.05) is 19.7 Å². The summed E-state index contributed by atoms with van der Waals surface area (Å²) in [6.07, 6.45) is 5.51. The maximum absolute atomic E-state index is 12.7. The molecule has 5 N–H and O–H groups in total. The molecule has 3 atom stereocenters. The van der Waals surface area contributed by atoms with Gasteiger partial charge < -0.3 is 26.2 Å². The van der Waals surface area contributed by atoms with Crippen molar-refractivity contribution in [3.8, 4) is 5.75 Å². The Bertz CT molecular complexity index is 1030. The Morgan fingerprint density at radius 2 is 2.00 bits per heavy atom. The molecule has 0 spiro atoms. The quantitative estimate of drug-likeness (QED) is 0.286. The van der Waals surface area contributed by atoms with Gasteiger partial charge in [-0.3, -0.25) is 4.79 Å². The van der Waals surface area contributed by atoms with E-state index in [1.165, 1.54) is 31.4 Å². The number of carbonyl (C=O) groups excluding carboxylic acids is 1. The Hall–Kier alpha value is -2.67. The van der Waals surface area contributed by atoms with Gasteiger partial charge in [0.1, 0.15) is 5.75 Å². The van der Waals surface area contributed by atoms with Crippen LogP contribution in [0.3, 0.4) is 0 Å². The number of ether oxygens (including phenoxy) is 1. The molecule has 0 radical (unpaired) electrons. The van der Waals surface area contributed by atoms with Crippen molar-refractivity contribution in [2.45, 2.75) is 91.3 Å². The van der Waals surface area contributed by atoms with Crippen molar-refractivity contribution in [1.82, 2.24) is 10.6 Å². The van der Waals surface area contributed by atoms with Gasteiger partial charge in [-0.25, -0.2) is 0 Å². The van der Waals surface area contributed by atoms with Gasteiger partial charge in [0.25, 0.3) is 5.91 Å². The van der Waals surface area contributed by atoms with Crippen molar-refractivity contribution in [3.05, 3.63) is 70.8 Å². The second-order valence-corrected chi connectivity index (χ2v) is 10.2. The summed E-state index contributed by atoms with van der Waals surface area (Å²) in [6.45, 7) is 16.1. The summed E-state index contributed by atoms with van der Waals surface area (Å²) in [5, 5.41) is 16.7. The zero-order valence-electron chi connectivity index (χ0n) is 24.1. The van der Waals surface area contributed by atoms with Crippen LogP contribution in [-0.4, -0.2) is 42.9 Å². The monoisotopic (exact) mass is 523 g/mol.